The summed E-state index contributed by atoms with van der Waals surface area (Å²) in [6.45, 7) is -1.48. The van der Waals surface area contributed by atoms with Crippen LogP contribution in [0.1, 0.15) is 16.9 Å². The molecule has 1 N–H and O–H groups in total. The summed E-state index contributed by atoms with van der Waals surface area (Å²) in [7, 11) is 0. The molecule has 1 aromatic heterocycles. The number of carbonyl (C=O) groups excluding carboxylic acids is 1. The van der Waals surface area contributed by atoms with Gasteiger partial charge in [-0.15, -0.1) is 11.3 Å². The van der Waals surface area contributed by atoms with Crippen molar-refractivity contribution in [3.63, 3.8) is 0 Å². The number of hydrogen-bond acceptors (Lipinski definition) is 4. The zero-order valence-electron chi connectivity index (χ0n) is 12.4. The summed E-state index contributed by atoms with van der Waals surface area (Å²) in [5.74, 6) is -0.414. The van der Waals surface area contributed by atoms with E-state index in [2.05, 4.69) is 10.1 Å². The molecular weight excluding hydrogens is 341 g/mol. The molecule has 1 amide bonds. The van der Waals surface area contributed by atoms with Crippen molar-refractivity contribution in [1.29, 1.82) is 5.26 Å². The molecule has 1 heterocycles. The summed E-state index contributed by atoms with van der Waals surface area (Å²) in [4.78, 5) is 13.0. The van der Waals surface area contributed by atoms with Gasteiger partial charge in [-0.25, -0.2) is 0 Å². The van der Waals surface area contributed by atoms with E-state index in [1.54, 1.807) is 17.4 Å². The molecule has 0 radical (unpaired) electrons. The number of aryl methyl sites for hydroxylation is 1. The van der Waals surface area contributed by atoms with Gasteiger partial charge in [-0.1, -0.05) is 6.07 Å². The van der Waals surface area contributed by atoms with E-state index in [0.29, 0.717) is 12.1 Å². The SMILES string of the molecule is N#Cc1cc(NC(=O)CCc2cccs2)ccc1OCC(F)(F)F. The summed E-state index contributed by atoms with van der Waals surface area (Å²) < 4.78 is 41.1. The van der Waals surface area contributed by atoms with Crippen LogP contribution in [-0.2, 0) is 11.2 Å². The molecule has 0 saturated heterocycles. The van der Waals surface area contributed by atoms with Crippen LogP contribution in [-0.4, -0.2) is 18.7 Å². The van der Waals surface area contributed by atoms with E-state index >= 15 is 0 Å². The first-order valence-corrected chi connectivity index (χ1v) is 7.81. The predicted octanol–water partition coefficient (Wildman–Crippen LogP) is 4.13. The van der Waals surface area contributed by atoms with Gasteiger partial charge in [0.2, 0.25) is 5.91 Å². The number of thiophene rings is 1. The number of carbonyl (C=O) groups is 1. The topological polar surface area (TPSA) is 62.1 Å². The fourth-order valence-corrected chi connectivity index (χ4v) is 2.60. The molecule has 0 atom stereocenters. The van der Waals surface area contributed by atoms with E-state index in [-0.39, 0.29) is 23.6 Å². The molecule has 0 aliphatic carbocycles. The first-order chi connectivity index (χ1) is 11.4. The molecule has 0 bridgehead atoms. The number of ether oxygens (including phenoxy) is 1. The van der Waals surface area contributed by atoms with Crippen LogP contribution in [0.2, 0.25) is 0 Å². The Bertz CT molecular complexity index is 737. The molecule has 0 fully saturated rings. The van der Waals surface area contributed by atoms with E-state index < -0.39 is 12.8 Å². The van der Waals surface area contributed by atoms with E-state index in [9.17, 15) is 18.0 Å². The average Bonchev–Trinajstić information content (AvgIpc) is 3.04. The third-order valence-electron chi connectivity index (χ3n) is 2.95. The van der Waals surface area contributed by atoms with Crippen molar-refractivity contribution in [1.82, 2.24) is 0 Å². The smallest absolute Gasteiger partial charge is 0.422 e. The highest BCUT2D eigenvalue weighted by atomic mass is 32.1. The summed E-state index contributed by atoms with van der Waals surface area (Å²) in [5.41, 5.74) is 0.261. The Hall–Kier alpha value is -2.53. The molecule has 0 saturated carbocycles. The van der Waals surface area contributed by atoms with Crippen LogP contribution in [0.3, 0.4) is 0 Å². The summed E-state index contributed by atoms with van der Waals surface area (Å²) in [6.07, 6.45) is -3.61. The van der Waals surface area contributed by atoms with Crippen LogP contribution in [0.15, 0.2) is 35.7 Å². The molecule has 4 nitrogen and oxygen atoms in total. The van der Waals surface area contributed by atoms with Crippen LogP contribution in [0, 0.1) is 11.3 Å². The first-order valence-electron chi connectivity index (χ1n) is 6.93. The second kappa shape index (κ2) is 7.84. The van der Waals surface area contributed by atoms with Gasteiger partial charge >= 0.3 is 6.18 Å². The van der Waals surface area contributed by atoms with Gasteiger partial charge in [0.15, 0.2) is 6.61 Å². The molecule has 24 heavy (non-hydrogen) atoms. The number of anilines is 1. The molecule has 8 heteroatoms. The molecule has 0 aliphatic rings. The zero-order valence-corrected chi connectivity index (χ0v) is 13.2. The Kier molecular flexibility index (Phi) is 5.82. The van der Waals surface area contributed by atoms with Gasteiger partial charge in [-0.2, -0.15) is 18.4 Å². The largest absolute Gasteiger partial charge is 0.483 e. The normalized spacial score (nSPS) is 10.9. The third-order valence-corrected chi connectivity index (χ3v) is 3.89. The van der Waals surface area contributed by atoms with Crippen LogP contribution in [0.5, 0.6) is 5.75 Å². The highest BCUT2D eigenvalue weighted by Crippen LogP contribution is 2.25. The summed E-state index contributed by atoms with van der Waals surface area (Å²) >= 11 is 1.56. The fraction of sp³-hybridized carbons (Fsp3) is 0.250. The fourth-order valence-electron chi connectivity index (χ4n) is 1.90. The number of rotatable bonds is 6. The van der Waals surface area contributed by atoms with Gasteiger partial charge in [0.1, 0.15) is 11.8 Å². The Morgan fingerprint density at radius 3 is 2.75 bits per heavy atom. The number of amides is 1. The Morgan fingerprint density at radius 1 is 1.33 bits per heavy atom. The average molecular weight is 354 g/mol. The molecule has 126 valence electrons. The number of alkyl halides is 3. The van der Waals surface area contributed by atoms with Crippen molar-refractivity contribution in [3.05, 3.63) is 46.2 Å². The number of hydrogen-bond donors (Lipinski definition) is 1. The van der Waals surface area contributed by atoms with Crippen molar-refractivity contribution in [3.8, 4) is 11.8 Å². The number of benzene rings is 1. The van der Waals surface area contributed by atoms with Gasteiger partial charge in [0.25, 0.3) is 0 Å². The monoisotopic (exact) mass is 354 g/mol. The van der Waals surface area contributed by atoms with Crippen LogP contribution < -0.4 is 10.1 Å². The predicted molar refractivity (Wildman–Crippen MR) is 84.0 cm³/mol. The van der Waals surface area contributed by atoms with E-state index in [0.717, 1.165) is 4.88 Å². The maximum absolute atomic E-state index is 12.2. The minimum absolute atomic E-state index is 0.0738. The Labute approximate surface area is 140 Å². The summed E-state index contributed by atoms with van der Waals surface area (Å²) in [5, 5.41) is 13.6. The maximum atomic E-state index is 12.2. The van der Waals surface area contributed by atoms with Crippen molar-refractivity contribution >= 4 is 22.9 Å². The number of halogens is 3. The number of nitriles is 1. The summed E-state index contributed by atoms with van der Waals surface area (Å²) in [6, 6.07) is 9.51. The first kappa shape index (κ1) is 17.8. The van der Waals surface area contributed by atoms with E-state index in [1.807, 2.05) is 17.5 Å². The van der Waals surface area contributed by atoms with Crippen molar-refractivity contribution in [2.24, 2.45) is 0 Å². The lowest BCUT2D eigenvalue weighted by Gasteiger charge is -2.11. The molecular formula is C16H13F3N2O2S. The minimum atomic E-state index is -4.48. The molecule has 0 unspecified atom stereocenters. The second-order valence-corrected chi connectivity index (χ2v) is 5.89. The zero-order chi connectivity index (χ0) is 17.6. The van der Waals surface area contributed by atoms with Gasteiger partial charge in [0.05, 0.1) is 5.56 Å². The van der Waals surface area contributed by atoms with Crippen LogP contribution >= 0.6 is 11.3 Å². The maximum Gasteiger partial charge on any atom is 0.422 e. The second-order valence-electron chi connectivity index (χ2n) is 4.85. The van der Waals surface area contributed by atoms with Crippen molar-refractivity contribution < 1.29 is 22.7 Å². The standard InChI is InChI=1S/C16H13F3N2O2S/c17-16(18,19)10-23-14-5-3-12(8-11(14)9-20)21-15(22)6-4-13-2-1-7-24-13/h1-3,5,7-8H,4,6,10H2,(H,21,22). The highest BCUT2D eigenvalue weighted by molar-refractivity contribution is 7.09. The number of nitrogens with zero attached hydrogens (tertiary/aromatic N) is 1. The molecule has 1 aromatic carbocycles. The highest BCUT2D eigenvalue weighted by Gasteiger charge is 2.28. The minimum Gasteiger partial charge on any atom is -0.483 e. The van der Waals surface area contributed by atoms with Crippen molar-refractivity contribution in [2.75, 3.05) is 11.9 Å². The lowest BCUT2D eigenvalue weighted by Crippen LogP contribution is -2.19. The lowest BCUT2D eigenvalue weighted by atomic mass is 10.2. The van der Waals surface area contributed by atoms with E-state index in [4.69, 9.17) is 5.26 Å². The van der Waals surface area contributed by atoms with Gasteiger partial charge in [0, 0.05) is 17.0 Å². The molecule has 0 spiro atoms. The van der Waals surface area contributed by atoms with Crippen LogP contribution in [0.4, 0.5) is 18.9 Å². The number of nitrogens with one attached hydrogen (secondary N) is 1. The van der Waals surface area contributed by atoms with Gasteiger partial charge in [-0.3, -0.25) is 4.79 Å². The molecule has 2 rings (SSSR count). The molecule has 0 aliphatic heterocycles. The van der Waals surface area contributed by atoms with Crippen LogP contribution in [0.25, 0.3) is 0 Å². The Balaban J connectivity index is 1.96. The quantitative estimate of drug-likeness (QED) is 0.848. The van der Waals surface area contributed by atoms with Gasteiger partial charge < -0.3 is 10.1 Å². The molecule has 2 aromatic rings. The van der Waals surface area contributed by atoms with Crippen molar-refractivity contribution in [2.45, 2.75) is 19.0 Å². The Morgan fingerprint density at radius 2 is 2.12 bits per heavy atom. The van der Waals surface area contributed by atoms with E-state index in [1.165, 1.54) is 18.2 Å². The lowest BCUT2D eigenvalue weighted by molar-refractivity contribution is -0.153. The third kappa shape index (κ3) is 5.59. The van der Waals surface area contributed by atoms with Gasteiger partial charge in [-0.05, 0) is 36.1 Å².